The van der Waals surface area contributed by atoms with Crippen LogP contribution in [0.1, 0.15) is 28.1 Å². The van der Waals surface area contributed by atoms with Crippen molar-refractivity contribution in [2.75, 3.05) is 0 Å². The summed E-state index contributed by atoms with van der Waals surface area (Å²) in [5.41, 5.74) is 0.534. The van der Waals surface area contributed by atoms with Crippen molar-refractivity contribution in [1.29, 1.82) is 0 Å². The Hall–Kier alpha value is -2.08. The molecule has 2 rings (SSSR count). The SMILES string of the molecule is Cn1nccc1C(O)c1ccc(C(=O)O)o1. The largest absolute Gasteiger partial charge is 0.475 e. The van der Waals surface area contributed by atoms with Crippen molar-refractivity contribution in [2.24, 2.45) is 7.05 Å². The molecule has 0 aromatic carbocycles. The molecule has 2 aromatic heterocycles. The number of carboxylic acid groups (broad SMARTS) is 1. The van der Waals surface area contributed by atoms with Gasteiger partial charge in [0.05, 0.1) is 5.69 Å². The van der Waals surface area contributed by atoms with E-state index >= 15 is 0 Å². The fraction of sp³-hybridized carbons (Fsp3) is 0.200. The van der Waals surface area contributed by atoms with E-state index in [1.54, 1.807) is 19.3 Å². The molecule has 0 bridgehead atoms. The zero-order valence-corrected chi connectivity index (χ0v) is 8.49. The van der Waals surface area contributed by atoms with Gasteiger partial charge in [-0.05, 0) is 18.2 Å². The Kier molecular flexibility index (Phi) is 2.49. The van der Waals surface area contributed by atoms with Crippen molar-refractivity contribution in [3.05, 3.63) is 41.6 Å². The maximum absolute atomic E-state index is 10.6. The third-order valence-corrected chi connectivity index (χ3v) is 2.25. The molecule has 6 heteroatoms. The first kappa shape index (κ1) is 10.4. The van der Waals surface area contributed by atoms with E-state index in [-0.39, 0.29) is 11.5 Å². The number of aliphatic hydroxyl groups is 1. The molecular formula is C10H10N2O4. The molecule has 1 atom stereocenters. The van der Waals surface area contributed by atoms with Gasteiger partial charge in [0.15, 0.2) is 6.10 Å². The van der Waals surface area contributed by atoms with E-state index in [0.29, 0.717) is 5.69 Å². The summed E-state index contributed by atoms with van der Waals surface area (Å²) in [6, 6.07) is 4.37. The number of carboxylic acids is 1. The van der Waals surface area contributed by atoms with Gasteiger partial charge in [0.2, 0.25) is 5.76 Å². The van der Waals surface area contributed by atoms with Gasteiger partial charge in [-0.3, -0.25) is 4.68 Å². The van der Waals surface area contributed by atoms with Crippen molar-refractivity contribution in [3.63, 3.8) is 0 Å². The molecule has 0 radical (unpaired) electrons. The molecular weight excluding hydrogens is 212 g/mol. The number of nitrogens with zero attached hydrogens (tertiary/aromatic N) is 2. The molecule has 84 valence electrons. The van der Waals surface area contributed by atoms with Crippen LogP contribution in [-0.2, 0) is 7.05 Å². The van der Waals surface area contributed by atoms with Gasteiger partial charge in [0.25, 0.3) is 0 Å². The smallest absolute Gasteiger partial charge is 0.371 e. The van der Waals surface area contributed by atoms with E-state index in [1.165, 1.54) is 16.8 Å². The lowest BCUT2D eigenvalue weighted by Gasteiger charge is -2.07. The van der Waals surface area contributed by atoms with E-state index in [0.717, 1.165) is 0 Å². The minimum Gasteiger partial charge on any atom is -0.475 e. The van der Waals surface area contributed by atoms with Crippen molar-refractivity contribution in [1.82, 2.24) is 9.78 Å². The quantitative estimate of drug-likeness (QED) is 0.801. The third kappa shape index (κ3) is 1.70. The summed E-state index contributed by atoms with van der Waals surface area (Å²) in [6.07, 6.45) is 0.528. The number of aliphatic hydroxyl groups excluding tert-OH is 1. The van der Waals surface area contributed by atoms with Crippen LogP contribution in [0.2, 0.25) is 0 Å². The van der Waals surface area contributed by atoms with Crippen LogP contribution in [0.5, 0.6) is 0 Å². The minimum absolute atomic E-state index is 0.181. The van der Waals surface area contributed by atoms with Gasteiger partial charge in [-0.1, -0.05) is 0 Å². The Morgan fingerprint density at radius 2 is 2.25 bits per heavy atom. The number of furan rings is 1. The second kappa shape index (κ2) is 3.82. The summed E-state index contributed by atoms with van der Waals surface area (Å²) in [4.78, 5) is 10.6. The molecule has 0 saturated carbocycles. The zero-order chi connectivity index (χ0) is 11.7. The van der Waals surface area contributed by atoms with Gasteiger partial charge >= 0.3 is 5.97 Å². The first-order chi connectivity index (χ1) is 7.59. The van der Waals surface area contributed by atoms with Crippen LogP contribution < -0.4 is 0 Å². The molecule has 0 fully saturated rings. The molecule has 0 saturated heterocycles. The van der Waals surface area contributed by atoms with E-state index in [9.17, 15) is 9.90 Å². The van der Waals surface area contributed by atoms with Gasteiger partial charge in [0.1, 0.15) is 5.76 Å². The number of aromatic carboxylic acids is 1. The molecule has 0 amide bonds. The van der Waals surface area contributed by atoms with Crippen molar-refractivity contribution < 1.29 is 19.4 Å². The maximum Gasteiger partial charge on any atom is 0.371 e. The Bertz CT molecular complexity index is 514. The monoisotopic (exact) mass is 222 g/mol. The molecule has 0 aliphatic rings. The fourth-order valence-corrected chi connectivity index (χ4v) is 1.41. The summed E-state index contributed by atoms with van der Waals surface area (Å²) in [6.45, 7) is 0. The number of aromatic nitrogens is 2. The van der Waals surface area contributed by atoms with Gasteiger partial charge in [-0.15, -0.1) is 0 Å². The fourth-order valence-electron chi connectivity index (χ4n) is 1.41. The van der Waals surface area contributed by atoms with E-state index < -0.39 is 12.1 Å². The molecule has 6 nitrogen and oxygen atoms in total. The molecule has 0 spiro atoms. The number of aryl methyl sites for hydroxylation is 1. The Morgan fingerprint density at radius 1 is 1.50 bits per heavy atom. The van der Waals surface area contributed by atoms with Crippen LogP contribution >= 0.6 is 0 Å². The second-order valence-corrected chi connectivity index (χ2v) is 3.29. The molecule has 1 unspecified atom stereocenters. The highest BCUT2D eigenvalue weighted by Crippen LogP contribution is 2.23. The molecule has 2 N–H and O–H groups in total. The molecule has 0 aliphatic carbocycles. The number of carbonyl (C=O) groups is 1. The molecule has 16 heavy (non-hydrogen) atoms. The Morgan fingerprint density at radius 3 is 2.75 bits per heavy atom. The summed E-state index contributed by atoms with van der Waals surface area (Å²) in [7, 11) is 1.68. The van der Waals surface area contributed by atoms with E-state index in [2.05, 4.69) is 5.10 Å². The van der Waals surface area contributed by atoms with Crippen LogP contribution in [-0.4, -0.2) is 26.0 Å². The third-order valence-electron chi connectivity index (χ3n) is 2.25. The topological polar surface area (TPSA) is 88.5 Å². The minimum atomic E-state index is -1.16. The first-order valence-corrected chi connectivity index (χ1v) is 4.58. The normalized spacial score (nSPS) is 12.6. The summed E-state index contributed by atoms with van der Waals surface area (Å²) in [5.74, 6) is -1.18. The number of hydrogen-bond donors (Lipinski definition) is 2. The van der Waals surface area contributed by atoms with Gasteiger partial charge in [-0.2, -0.15) is 5.10 Å². The van der Waals surface area contributed by atoms with Gasteiger partial charge in [0, 0.05) is 13.2 Å². The number of hydrogen-bond acceptors (Lipinski definition) is 4. The van der Waals surface area contributed by atoms with Crippen LogP contribution in [0.25, 0.3) is 0 Å². The molecule has 0 aliphatic heterocycles. The lowest BCUT2D eigenvalue weighted by atomic mass is 10.2. The zero-order valence-electron chi connectivity index (χ0n) is 8.49. The maximum atomic E-state index is 10.6. The van der Waals surface area contributed by atoms with Crippen LogP contribution in [0, 0.1) is 0 Å². The second-order valence-electron chi connectivity index (χ2n) is 3.29. The predicted octanol–water partition coefficient (Wildman–Crippen LogP) is 0.793. The summed E-state index contributed by atoms with van der Waals surface area (Å²) < 4.78 is 6.49. The van der Waals surface area contributed by atoms with Crippen molar-refractivity contribution >= 4 is 5.97 Å². The highest BCUT2D eigenvalue weighted by molar-refractivity contribution is 5.84. The van der Waals surface area contributed by atoms with Crippen LogP contribution in [0.3, 0.4) is 0 Å². The van der Waals surface area contributed by atoms with Gasteiger partial charge < -0.3 is 14.6 Å². The highest BCUT2D eigenvalue weighted by atomic mass is 16.4. The Balaban J connectivity index is 2.31. The van der Waals surface area contributed by atoms with Crippen molar-refractivity contribution in [3.8, 4) is 0 Å². The standard InChI is InChI=1S/C10H10N2O4/c1-12-6(4-5-11-12)9(13)7-2-3-8(16-7)10(14)15/h2-5,9,13H,1H3,(H,14,15). The summed E-state index contributed by atoms with van der Waals surface area (Å²) >= 11 is 0. The average Bonchev–Trinajstić information content (AvgIpc) is 2.84. The molecule has 2 heterocycles. The number of rotatable bonds is 3. The summed E-state index contributed by atoms with van der Waals surface area (Å²) in [5, 5.41) is 22.5. The van der Waals surface area contributed by atoms with Gasteiger partial charge in [-0.25, -0.2) is 4.79 Å². The van der Waals surface area contributed by atoms with Crippen LogP contribution in [0.4, 0.5) is 0 Å². The first-order valence-electron chi connectivity index (χ1n) is 4.58. The van der Waals surface area contributed by atoms with Crippen LogP contribution in [0.15, 0.2) is 28.8 Å². The Labute approximate surface area is 90.7 Å². The van der Waals surface area contributed by atoms with E-state index in [4.69, 9.17) is 9.52 Å². The predicted molar refractivity (Wildman–Crippen MR) is 52.9 cm³/mol. The lowest BCUT2D eigenvalue weighted by molar-refractivity contribution is 0.0654. The van der Waals surface area contributed by atoms with E-state index in [1.807, 2.05) is 0 Å². The average molecular weight is 222 g/mol. The van der Waals surface area contributed by atoms with Crippen molar-refractivity contribution in [2.45, 2.75) is 6.10 Å². The lowest BCUT2D eigenvalue weighted by Crippen LogP contribution is -2.05. The molecule has 2 aromatic rings. The highest BCUT2D eigenvalue weighted by Gasteiger charge is 2.19.